The highest BCUT2D eigenvalue weighted by Crippen LogP contribution is 1.97. The first-order chi connectivity index (χ1) is 6.41. The van der Waals surface area contributed by atoms with E-state index in [1.807, 2.05) is 0 Å². The lowest BCUT2D eigenvalue weighted by atomic mass is 10.3. The Morgan fingerprint density at radius 2 is 1.31 bits per heavy atom. The minimum Gasteiger partial charge on any atom is -0.0903 e. The zero-order valence-electron chi connectivity index (χ0n) is 8.65. The zero-order valence-corrected chi connectivity index (χ0v) is 9.47. The van der Waals surface area contributed by atoms with Gasteiger partial charge in [0.05, 0.1) is 0 Å². The van der Waals surface area contributed by atoms with Crippen LogP contribution in [-0.4, -0.2) is 0 Å². The number of rotatable bonds is 4. The lowest BCUT2D eigenvalue weighted by molar-refractivity contribution is 0.828. The largest absolute Gasteiger partial charge is 0.0903 e. The molecule has 0 N–H and O–H groups in total. The predicted octanol–water partition coefficient (Wildman–Crippen LogP) is 4.02. The highest BCUT2D eigenvalue weighted by atomic mass is 32.2. The maximum absolute atomic E-state index is 3.09. The minimum atomic E-state index is 1.01. The Kier molecular flexibility index (Phi) is 11.0. The van der Waals surface area contributed by atoms with Gasteiger partial charge in [0.15, 0.2) is 0 Å². The van der Waals surface area contributed by atoms with Crippen molar-refractivity contribution in [3.8, 4) is 22.3 Å². The van der Waals surface area contributed by atoms with E-state index in [9.17, 15) is 0 Å². The van der Waals surface area contributed by atoms with Gasteiger partial charge in [-0.15, -0.1) is 0 Å². The van der Waals surface area contributed by atoms with E-state index < -0.39 is 0 Å². The van der Waals surface area contributed by atoms with Gasteiger partial charge in [-0.3, -0.25) is 0 Å². The highest BCUT2D eigenvalue weighted by molar-refractivity contribution is 8.08. The minimum absolute atomic E-state index is 1.01. The molecular weight excluding hydrogens is 176 g/mol. The second-order valence-electron chi connectivity index (χ2n) is 2.87. The summed E-state index contributed by atoms with van der Waals surface area (Å²) in [6.45, 7) is 4.36. The second-order valence-corrected chi connectivity index (χ2v) is 3.48. The molecule has 72 valence electrons. The summed E-state index contributed by atoms with van der Waals surface area (Å²) in [4.78, 5) is 0. The fourth-order valence-corrected chi connectivity index (χ4v) is 1.13. The molecule has 0 aromatic carbocycles. The van der Waals surface area contributed by atoms with Crippen LogP contribution in [-0.2, 0) is 0 Å². The first-order valence-corrected chi connectivity index (χ1v) is 5.85. The third-order valence-corrected chi connectivity index (χ3v) is 2.05. The smallest absolute Gasteiger partial charge is 0.0134 e. The Morgan fingerprint density at radius 3 is 1.69 bits per heavy atom. The van der Waals surface area contributed by atoms with Crippen molar-refractivity contribution in [2.24, 2.45) is 0 Å². The molecule has 0 bridgehead atoms. The molecule has 0 spiro atoms. The van der Waals surface area contributed by atoms with Crippen molar-refractivity contribution >= 4 is 11.8 Å². The van der Waals surface area contributed by atoms with E-state index in [4.69, 9.17) is 0 Å². The Labute approximate surface area is 86.9 Å². The predicted molar refractivity (Wildman–Crippen MR) is 62.2 cm³/mol. The van der Waals surface area contributed by atoms with E-state index in [1.165, 1.54) is 37.4 Å². The van der Waals surface area contributed by atoms with Crippen LogP contribution in [0.5, 0.6) is 0 Å². The lowest BCUT2D eigenvalue weighted by Crippen LogP contribution is -1.66. The molecular formula is C12H18S. The molecule has 0 saturated heterocycles. The molecule has 0 rings (SSSR count). The fourth-order valence-electron chi connectivity index (χ4n) is 0.730. The average Bonchev–Trinajstić information content (AvgIpc) is 2.16. The van der Waals surface area contributed by atoms with E-state index in [1.54, 1.807) is 0 Å². The summed E-state index contributed by atoms with van der Waals surface area (Å²) in [5.74, 6) is 6.18. The summed E-state index contributed by atoms with van der Waals surface area (Å²) in [6.07, 6.45) is 6.89. The van der Waals surface area contributed by atoms with E-state index in [0.717, 1.165) is 12.8 Å². The molecule has 0 aliphatic rings. The van der Waals surface area contributed by atoms with E-state index in [2.05, 4.69) is 36.2 Å². The van der Waals surface area contributed by atoms with Crippen LogP contribution in [0.1, 0.15) is 52.4 Å². The summed E-state index contributed by atoms with van der Waals surface area (Å²) >= 11 is 1.43. The molecule has 0 heterocycles. The summed E-state index contributed by atoms with van der Waals surface area (Å²) in [7, 11) is 0. The highest BCUT2D eigenvalue weighted by Gasteiger charge is 1.77. The lowest BCUT2D eigenvalue weighted by Gasteiger charge is -1.83. The molecule has 0 aromatic heterocycles. The third-order valence-electron chi connectivity index (χ3n) is 1.56. The number of hydrogen-bond acceptors (Lipinski definition) is 1. The fraction of sp³-hybridized carbons (Fsp3) is 0.667. The molecule has 0 aliphatic heterocycles. The van der Waals surface area contributed by atoms with Gasteiger partial charge in [-0.25, -0.2) is 0 Å². The molecule has 0 aliphatic carbocycles. The van der Waals surface area contributed by atoms with E-state index in [0.29, 0.717) is 0 Å². The molecule has 0 atom stereocenters. The van der Waals surface area contributed by atoms with Gasteiger partial charge in [0.25, 0.3) is 0 Å². The molecule has 1 heteroatoms. The standard InChI is InChI=1S/C12H18S/c1-3-5-7-9-11-13-12-10-8-6-4-2/h3-8H2,1-2H3. The molecule has 0 radical (unpaired) electrons. The van der Waals surface area contributed by atoms with Crippen molar-refractivity contribution in [3.05, 3.63) is 0 Å². The summed E-state index contributed by atoms with van der Waals surface area (Å²) in [5, 5.41) is 5.98. The van der Waals surface area contributed by atoms with Crippen molar-refractivity contribution in [2.75, 3.05) is 0 Å². The van der Waals surface area contributed by atoms with Crippen LogP contribution in [0.25, 0.3) is 0 Å². The molecule has 0 amide bonds. The molecule has 0 fully saturated rings. The van der Waals surface area contributed by atoms with E-state index >= 15 is 0 Å². The SMILES string of the molecule is CCCCC#CSC#CCCCC. The Morgan fingerprint density at radius 1 is 0.846 bits per heavy atom. The topological polar surface area (TPSA) is 0 Å². The number of hydrogen-bond donors (Lipinski definition) is 0. The Hall–Kier alpha value is -0.530. The van der Waals surface area contributed by atoms with Crippen molar-refractivity contribution in [1.82, 2.24) is 0 Å². The van der Waals surface area contributed by atoms with Crippen molar-refractivity contribution < 1.29 is 0 Å². The second kappa shape index (κ2) is 11.5. The van der Waals surface area contributed by atoms with Crippen LogP contribution < -0.4 is 0 Å². The van der Waals surface area contributed by atoms with Gasteiger partial charge in [-0.1, -0.05) is 38.5 Å². The maximum Gasteiger partial charge on any atom is 0.0134 e. The van der Waals surface area contributed by atoms with Gasteiger partial charge in [-0.05, 0) is 23.3 Å². The quantitative estimate of drug-likeness (QED) is 0.481. The third kappa shape index (κ3) is 11.5. The molecule has 0 unspecified atom stereocenters. The summed E-state index contributed by atoms with van der Waals surface area (Å²) in [6, 6.07) is 0. The van der Waals surface area contributed by atoms with Crippen LogP contribution in [0.2, 0.25) is 0 Å². The van der Waals surface area contributed by atoms with Crippen LogP contribution in [0.3, 0.4) is 0 Å². The van der Waals surface area contributed by atoms with Crippen molar-refractivity contribution in [3.63, 3.8) is 0 Å². The van der Waals surface area contributed by atoms with Gasteiger partial charge < -0.3 is 0 Å². The Balaban J connectivity index is 3.28. The maximum atomic E-state index is 3.09. The first kappa shape index (κ1) is 12.5. The van der Waals surface area contributed by atoms with Crippen LogP contribution in [0, 0.1) is 22.3 Å². The number of thioether (sulfide) groups is 1. The molecule has 13 heavy (non-hydrogen) atoms. The van der Waals surface area contributed by atoms with Gasteiger partial charge in [-0.2, -0.15) is 0 Å². The van der Waals surface area contributed by atoms with Crippen molar-refractivity contribution in [2.45, 2.75) is 52.4 Å². The van der Waals surface area contributed by atoms with Gasteiger partial charge in [0.1, 0.15) is 0 Å². The first-order valence-electron chi connectivity index (χ1n) is 5.03. The van der Waals surface area contributed by atoms with Crippen LogP contribution in [0.15, 0.2) is 0 Å². The van der Waals surface area contributed by atoms with Crippen LogP contribution in [0.4, 0.5) is 0 Å². The van der Waals surface area contributed by atoms with Crippen LogP contribution >= 0.6 is 11.8 Å². The number of unbranched alkanes of at least 4 members (excludes halogenated alkanes) is 4. The normalized spacial score (nSPS) is 8.15. The molecule has 0 nitrogen and oxygen atoms in total. The molecule has 0 saturated carbocycles. The van der Waals surface area contributed by atoms with Gasteiger partial charge in [0, 0.05) is 24.6 Å². The average molecular weight is 194 g/mol. The van der Waals surface area contributed by atoms with E-state index in [-0.39, 0.29) is 0 Å². The zero-order chi connectivity index (χ0) is 9.78. The molecule has 0 aromatic rings. The van der Waals surface area contributed by atoms with Crippen molar-refractivity contribution in [1.29, 1.82) is 0 Å². The summed E-state index contributed by atoms with van der Waals surface area (Å²) in [5.41, 5.74) is 0. The van der Waals surface area contributed by atoms with Gasteiger partial charge in [0.2, 0.25) is 0 Å². The Bertz CT molecular complexity index is 185. The van der Waals surface area contributed by atoms with Gasteiger partial charge >= 0.3 is 0 Å². The summed E-state index contributed by atoms with van der Waals surface area (Å²) < 4.78 is 0. The monoisotopic (exact) mass is 194 g/mol.